The van der Waals surface area contributed by atoms with Gasteiger partial charge in [0.25, 0.3) is 0 Å². The van der Waals surface area contributed by atoms with E-state index in [4.69, 9.17) is 16.3 Å². The number of halogens is 2. The van der Waals surface area contributed by atoms with Gasteiger partial charge in [-0.3, -0.25) is 0 Å². The van der Waals surface area contributed by atoms with E-state index in [1.807, 2.05) is 36.4 Å². The van der Waals surface area contributed by atoms with Crippen molar-refractivity contribution in [3.05, 3.63) is 63.6 Å². The largest absolute Gasteiger partial charge is 0.489 e. The smallest absolute Gasteiger partial charge is 0.172 e. The topological polar surface area (TPSA) is 21.3 Å². The Morgan fingerprint density at radius 1 is 1.09 bits per heavy atom. The van der Waals surface area contributed by atoms with E-state index >= 15 is 0 Å². The second-order valence-corrected chi connectivity index (χ2v) is 6.63. The minimum atomic E-state index is -0.303. The molecule has 114 valence electrons. The first-order valence-electron chi connectivity index (χ1n) is 6.99. The van der Waals surface area contributed by atoms with Crippen LogP contribution in [-0.2, 0) is 6.54 Å². The molecule has 3 aromatic rings. The van der Waals surface area contributed by atoms with Gasteiger partial charge in [-0.25, -0.2) is 4.39 Å². The summed E-state index contributed by atoms with van der Waals surface area (Å²) in [4.78, 5) is 1.17. The standard InChI is InChI=1S/C17H15ClFNOS/c18-16-8-6-13(22-16)11-20-9-10-21-15-7-5-12-3-1-2-4-14(12)17(15)19/h1-8,20H,9-11H2. The zero-order valence-electron chi connectivity index (χ0n) is 11.8. The maximum atomic E-state index is 14.3. The molecule has 0 saturated heterocycles. The fourth-order valence-corrected chi connectivity index (χ4v) is 3.27. The molecule has 0 unspecified atom stereocenters. The van der Waals surface area contributed by atoms with E-state index in [1.165, 1.54) is 4.88 Å². The Bertz CT molecular complexity index is 774. The average molecular weight is 336 g/mol. The predicted octanol–water partition coefficient (Wildman–Crippen LogP) is 4.86. The molecule has 3 rings (SSSR count). The summed E-state index contributed by atoms with van der Waals surface area (Å²) < 4.78 is 20.6. The molecule has 0 saturated carbocycles. The summed E-state index contributed by atoms with van der Waals surface area (Å²) >= 11 is 7.42. The Morgan fingerprint density at radius 3 is 2.77 bits per heavy atom. The third kappa shape index (κ3) is 3.58. The van der Waals surface area contributed by atoms with Crippen molar-refractivity contribution < 1.29 is 9.13 Å². The number of nitrogens with one attached hydrogen (secondary N) is 1. The highest BCUT2D eigenvalue weighted by Gasteiger charge is 2.07. The third-order valence-corrected chi connectivity index (χ3v) is 4.52. The van der Waals surface area contributed by atoms with Gasteiger partial charge in [-0.1, -0.05) is 41.9 Å². The number of benzene rings is 2. The maximum absolute atomic E-state index is 14.3. The molecule has 0 fully saturated rings. The predicted molar refractivity (Wildman–Crippen MR) is 90.4 cm³/mol. The highest BCUT2D eigenvalue weighted by atomic mass is 35.5. The number of ether oxygens (including phenoxy) is 1. The van der Waals surface area contributed by atoms with Gasteiger partial charge in [-0.2, -0.15) is 0 Å². The second-order valence-electron chi connectivity index (χ2n) is 4.83. The van der Waals surface area contributed by atoms with Crippen molar-refractivity contribution in [3.63, 3.8) is 0 Å². The normalized spacial score (nSPS) is 11.0. The van der Waals surface area contributed by atoms with Crippen molar-refractivity contribution in [3.8, 4) is 5.75 Å². The van der Waals surface area contributed by atoms with E-state index in [0.717, 1.165) is 16.3 Å². The Hall–Kier alpha value is -1.62. The van der Waals surface area contributed by atoms with Crippen molar-refractivity contribution in [2.75, 3.05) is 13.2 Å². The van der Waals surface area contributed by atoms with Gasteiger partial charge < -0.3 is 10.1 Å². The van der Waals surface area contributed by atoms with Crippen LogP contribution in [0.25, 0.3) is 10.8 Å². The fourth-order valence-electron chi connectivity index (χ4n) is 2.22. The third-order valence-electron chi connectivity index (χ3n) is 3.29. The minimum absolute atomic E-state index is 0.291. The summed E-state index contributed by atoms with van der Waals surface area (Å²) in [5.41, 5.74) is 0. The molecule has 22 heavy (non-hydrogen) atoms. The number of hydrogen-bond donors (Lipinski definition) is 1. The van der Waals surface area contributed by atoms with E-state index in [2.05, 4.69) is 5.32 Å². The van der Waals surface area contributed by atoms with Crippen LogP contribution in [0.3, 0.4) is 0 Å². The summed E-state index contributed by atoms with van der Waals surface area (Å²) in [6, 6.07) is 14.8. The summed E-state index contributed by atoms with van der Waals surface area (Å²) in [7, 11) is 0. The number of thiophene rings is 1. The van der Waals surface area contributed by atoms with E-state index < -0.39 is 0 Å². The minimum Gasteiger partial charge on any atom is -0.489 e. The zero-order valence-corrected chi connectivity index (χ0v) is 13.4. The number of hydrogen-bond acceptors (Lipinski definition) is 3. The van der Waals surface area contributed by atoms with E-state index in [-0.39, 0.29) is 5.82 Å². The number of rotatable bonds is 6. The van der Waals surface area contributed by atoms with Crippen molar-refractivity contribution in [1.82, 2.24) is 5.32 Å². The lowest BCUT2D eigenvalue weighted by molar-refractivity contribution is 0.300. The molecule has 2 nitrogen and oxygen atoms in total. The summed E-state index contributed by atoms with van der Waals surface area (Å²) in [6.07, 6.45) is 0. The highest BCUT2D eigenvalue weighted by molar-refractivity contribution is 7.16. The molecule has 0 aliphatic heterocycles. The summed E-state index contributed by atoms with van der Waals surface area (Å²) in [6.45, 7) is 1.79. The molecule has 0 bridgehead atoms. The lowest BCUT2D eigenvalue weighted by Crippen LogP contribution is -2.20. The summed E-state index contributed by atoms with van der Waals surface area (Å²) in [5.74, 6) is -0.0113. The monoisotopic (exact) mass is 335 g/mol. The molecule has 0 atom stereocenters. The van der Waals surface area contributed by atoms with Crippen LogP contribution in [-0.4, -0.2) is 13.2 Å². The Balaban J connectivity index is 1.52. The molecule has 0 spiro atoms. The molecule has 0 aliphatic carbocycles. The molecule has 1 heterocycles. The lowest BCUT2D eigenvalue weighted by atomic mass is 10.1. The van der Waals surface area contributed by atoms with Crippen LogP contribution in [0.5, 0.6) is 5.75 Å². The van der Waals surface area contributed by atoms with Crippen LogP contribution in [0, 0.1) is 5.82 Å². The SMILES string of the molecule is Fc1c(OCCNCc2ccc(Cl)s2)ccc2ccccc12. The Labute approximate surface area is 137 Å². The van der Waals surface area contributed by atoms with E-state index in [0.29, 0.717) is 24.3 Å². The highest BCUT2D eigenvalue weighted by Crippen LogP contribution is 2.26. The van der Waals surface area contributed by atoms with Crippen molar-refractivity contribution in [2.45, 2.75) is 6.54 Å². The first-order chi connectivity index (χ1) is 10.7. The molecular weight excluding hydrogens is 321 g/mol. The molecule has 1 N–H and O–H groups in total. The van der Waals surface area contributed by atoms with Crippen LogP contribution in [0.4, 0.5) is 4.39 Å². The zero-order chi connectivity index (χ0) is 15.4. The van der Waals surface area contributed by atoms with Gasteiger partial charge in [-0.05, 0) is 23.6 Å². The molecule has 0 amide bonds. The number of fused-ring (bicyclic) bond motifs is 1. The fraction of sp³-hybridized carbons (Fsp3) is 0.176. The maximum Gasteiger partial charge on any atom is 0.172 e. The van der Waals surface area contributed by atoms with Crippen molar-refractivity contribution in [1.29, 1.82) is 0 Å². The van der Waals surface area contributed by atoms with Crippen LogP contribution in [0.2, 0.25) is 4.34 Å². The van der Waals surface area contributed by atoms with Gasteiger partial charge in [0.15, 0.2) is 11.6 Å². The van der Waals surface area contributed by atoms with Crippen molar-refractivity contribution >= 4 is 33.7 Å². The second kappa shape index (κ2) is 7.09. The summed E-state index contributed by atoms with van der Waals surface area (Å²) in [5, 5.41) is 4.71. The van der Waals surface area contributed by atoms with Gasteiger partial charge in [0.2, 0.25) is 0 Å². The molecule has 0 radical (unpaired) electrons. The van der Waals surface area contributed by atoms with Crippen molar-refractivity contribution in [2.24, 2.45) is 0 Å². The van der Waals surface area contributed by atoms with Crippen LogP contribution < -0.4 is 10.1 Å². The molecule has 2 aromatic carbocycles. The van der Waals surface area contributed by atoms with Gasteiger partial charge in [0, 0.05) is 23.4 Å². The van der Waals surface area contributed by atoms with Gasteiger partial charge >= 0.3 is 0 Å². The molecule has 5 heteroatoms. The molecular formula is C17H15ClFNOS. The first-order valence-corrected chi connectivity index (χ1v) is 8.18. The van der Waals surface area contributed by atoms with Gasteiger partial charge in [0.1, 0.15) is 6.61 Å². The Kier molecular flexibility index (Phi) is 4.93. The average Bonchev–Trinajstić information content (AvgIpc) is 2.95. The van der Waals surface area contributed by atoms with Crippen LogP contribution in [0.1, 0.15) is 4.88 Å². The van der Waals surface area contributed by atoms with Gasteiger partial charge in [0.05, 0.1) is 4.34 Å². The van der Waals surface area contributed by atoms with Crippen LogP contribution in [0.15, 0.2) is 48.5 Å². The molecule has 1 aromatic heterocycles. The van der Waals surface area contributed by atoms with E-state index in [9.17, 15) is 4.39 Å². The lowest BCUT2D eigenvalue weighted by Gasteiger charge is -2.09. The Morgan fingerprint density at radius 2 is 1.95 bits per heavy atom. The molecule has 0 aliphatic rings. The van der Waals surface area contributed by atoms with Gasteiger partial charge in [-0.15, -0.1) is 11.3 Å². The van der Waals surface area contributed by atoms with Crippen LogP contribution >= 0.6 is 22.9 Å². The quantitative estimate of drug-likeness (QED) is 0.649. The first kappa shape index (κ1) is 15.3. The van der Waals surface area contributed by atoms with E-state index in [1.54, 1.807) is 23.5 Å².